The molecule has 142 heavy (non-hydrogen) atoms. The van der Waals surface area contributed by atoms with Crippen LogP contribution in [0.4, 0.5) is 0 Å². The van der Waals surface area contributed by atoms with E-state index in [1.165, 1.54) is 95.5 Å². The van der Waals surface area contributed by atoms with Gasteiger partial charge in [0.1, 0.15) is 12.8 Å². The first-order chi connectivity index (χ1) is 67.9. The number of carboxylic acids is 2. The van der Waals surface area contributed by atoms with Crippen molar-refractivity contribution >= 4 is 240 Å². The monoisotopic (exact) mass is 2260 g/mol. The van der Waals surface area contributed by atoms with Crippen LogP contribution in [-0.4, -0.2) is 82.0 Å². The van der Waals surface area contributed by atoms with Crippen LogP contribution in [0.2, 0.25) is 0 Å². The molecule has 716 valence electrons. The molecule has 8 nitrogen and oxygen atoms in total. The van der Waals surface area contributed by atoms with Gasteiger partial charge in [0.05, 0.1) is 13.2 Å². The van der Waals surface area contributed by atoms with Crippen molar-refractivity contribution in [1.29, 1.82) is 0 Å². The van der Waals surface area contributed by atoms with Crippen molar-refractivity contribution in [3.63, 3.8) is 0 Å². The summed E-state index contributed by atoms with van der Waals surface area (Å²) >= 11 is -0.691. The van der Waals surface area contributed by atoms with E-state index < -0.39 is 84.2 Å². The van der Waals surface area contributed by atoms with Crippen LogP contribution in [0.1, 0.15) is 29.5 Å². The first kappa shape index (κ1) is 124. The van der Waals surface area contributed by atoms with Gasteiger partial charge >= 0.3 is 131 Å². The van der Waals surface area contributed by atoms with Crippen LogP contribution in [-0.2, 0) is 58.9 Å². The number of halogens is 4. The van der Waals surface area contributed by atoms with E-state index in [-0.39, 0.29) is 119 Å². The number of carbonyl (C=O) groups excluding carboxylic acids is 2. The molecule has 0 aliphatic heterocycles. The number of aliphatic carboxylic acids is 2. The predicted molar refractivity (Wildman–Crippen MR) is 614 cm³/mol. The van der Waals surface area contributed by atoms with Crippen LogP contribution < -0.4 is 133 Å². The summed E-state index contributed by atoms with van der Waals surface area (Å²) in [7, 11) is 16.7. The van der Waals surface area contributed by atoms with E-state index in [9.17, 15) is 19.2 Å². The molecule has 0 heterocycles. The molecule has 0 unspecified atom stereocenters. The zero-order valence-electron chi connectivity index (χ0n) is 80.0. The molecule has 0 atom stereocenters. The molecule has 0 aliphatic rings. The van der Waals surface area contributed by atoms with Crippen LogP contribution in [0.3, 0.4) is 0 Å². The second-order valence-electron chi connectivity index (χ2n) is 28.9. The molecule has 0 bridgehead atoms. The first-order valence-electron chi connectivity index (χ1n) is 44.0. The minimum Gasteiger partial charge on any atom is -1.00 e. The Kier molecular flexibility index (Phi) is 65.9. The molecule has 0 aromatic heterocycles. The Morgan fingerprint density at radius 1 is 0.197 bits per heavy atom. The summed E-state index contributed by atoms with van der Waals surface area (Å²) in [5.41, 5.74) is 0. The van der Waals surface area contributed by atoms with E-state index in [0.29, 0.717) is 0 Å². The van der Waals surface area contributed by atoms with Crippen LogP contribution in [0.25, 0.3) is 0 Å². The van der Waals surface area contributed by atoms with Crippen LogP contribution >= 0.6 is 86.3 Å². The maximum absolute atomic E-state index is 10.3. The van der Waals surface area contributed by atoms with E-state index in [2.05, 4.69) is 555 Å². The number of carboxylic acid groups (broad SMARTS) is 2. The molecular weight excluding hydrogens is 2140 g/mol. The Balaban J connectivity index is 0.000000422. The van der Waals surface area contributed by atoms with E-state index in [1.807, 2.05) is 0 Å². The average Bonchev–Trinajstić information content (AvgIpc) is 0.846. The van der Waals surface area contributed by atoms with Crippen LogP contribution in [0.5, 0.6) is 0 Å². The maximum Gasteiger partial charge on any atom is 1.00 e. The van der Waals surface area contributed by atoms with E-state index in [0.717, 1.165) is 0 Å². The zero-order chi connectivity index (χ0) is 97.5. The number of carbonyl (C=O) groups is 4. The molecule has 0 saturated heterocycles. The number of benzene rings is 18. The van der Waals surface area contributed by atoms with Gasteiger partial charge in [-0.25, -0.2) is 0 Å². The van der Waals surface area contributed by atoms with E-state index in [4.69, 9.17) is 49.0 Å². The maximum atomic E-state index is 10.3. The zero-order valence-corrected chi connectivity index (χ0v) is 89.9. The van der Waals surface area contributed by atoms with Crippen LogP contribution in [0, 0.1) is 0 Å². The standard InChI is InChI=1S/6C18H15P.2C5H8O4.2Al.4ClH.2Li.2Ru.8H/c6*1-4-10-16(11-5-1)19(17-12-6-2-7-13-17)18-14-8-3-9-15-18;2*1-2-9-5(8)3-4(6)7;;;;;;;;;;;;;;;;;;/h6*1-15H;2*2-3H2,1H3,(H,6,7);;;4*1H;;;;;;;;;;;;/q;;;;;;;;;;;;;;2*+1;2*+2;;;;;;;2*-1/p-4. The van der Waals surface area contributed by atoms with Crippen molar-refractivity contribution in [2.24, 2.45) is 0 Å². The van der Waals surface area contributed by atoms with Gasteiger partial charge in [0.25, 0.3) is 0 Å². The largest absolute Gasteiger partial charge is 1.00 e. The van der Waals surface area contributed by atoms with Crippen molar-refractivity contribution < 1.29 is 110 Å². The number of hydrogen-bond acceptors (Lipinski definition) is 6. The molecule has 0 radical (unpaired) electrons. The summed E-state index contributed by atoms with van der Waals surface area (Å²) < 4.78 is 8.67. The fourth-order valence-corrected chi connectivity index (χ4v) is 27.6. The van der Waals surface area contributed by atoms with Gasteiger partial charge in [-0.15, -0.1) is 0 Å². The Morgan fingerprint density at radius 2 is 0.268 bits per heavy atom. The Labute approximate surface area is 926 Å². The summed E-state index contributed by atoms with van der Waals surface area (Å²) in [4.78, 5) is 40.1. The van der Waals surface area contributed by atoms with Gasteiger partial charge in [0, 0.05) is 0 Å². The fourth-order valence-electron chi connectivity index (χ4n) is 13.7. The van der Waals surface area contributed by atoms with Gasteiger partial charge in [0.15, 0.2) is 34.7 Å². The normalized spacial score (nSPS) is 9.89. The average molecular weight is 2260 g/mol. The van der Waals surface area contributed by atoms with Crippen molar-refractivity contribution in [3.8, 4) is 0 Å². The molecule has 2 N–H and O–H groups in total. The predicted octanol–water partition coefficient (Wildman–Crippen LogP) is 15.3. The third-order valence-corrected chi connectivity index (χ3v) is 34.1. The SMILES string of the molecule is CCOC(=O)CC(=O)O.CCOC(=O)CC(=O)O.[AlH3].[AlH3].[Cl][Ru][Cl].[Cl][Ru][Cl].[H-].[H-].[Li+].[Li+].c1ccc(P(c2ccccc2)c2ccccc2)cc1.c1ccc(P(c2ccccc2)c2ccccc2)cc1.c1ccc(P(c2ccccc2)c2ccccc2)cc1.c1ccc(P(c2ccccc2)c2ccccc2)cc1.c1ccc(P(c2ccccc2)c2ccccc2)cc1.c1ccc(P(c2ccccc2)c2ccccc2)cc1. The summed E-state index contributed by atoms with van der Waals surface area (Å²) in [5, 5.41) is 41.2. The van der Waals surface area contributed by atoms with Crippen molar-refractivity contribution in [2.45, 2.75) is 26.7 Å². The third kappa shape index (κ3) is 45.4. The van der Waals surface area contributed by atoms with Gasteiger partial charge in [-0.1, -0.05) is 546 Å². The Hall–Kier alpha value is -8.91. The molecule has 24 heteroatoms. The van der Waals surface area contributed by atoms with E-state index in [1.54, 1.807) is 13.8 Å². The molecule has 0 fully saturated rings. The van der Waals surface area contributed by atoms with Gasteiger partial charge in [-0.3, -0.25) is 19.2 Å². The Morgan fingerprint density at radius 3 is 0.324 bits per heavy atom. The summed E-state index contributed by atoms with van der Waals surface area (Å²) in [5.74, 6) is -3.70. The van der Waals surface area contributed by atoms with Crippen molar-refractivity contribution in [1.82, 2.24) is 0 Å². The summed E-state index contributed by atoms with van der Waals surface area (Å²) in [6.45, 7) is 3.71. The second kappa shape index (κ2) is 75.8. The number of ether oxygens (including phenoxy) is 2. The number of esters is 2. The number of hydrogen-bond donors (Lipinski definition) is 2. The second-order valence-corrected chi connectivity index (χ2v) is 47.5. The molecular formula is C118H114Al2Cl4Li2O8P6Ru2. The smallest absolute Gasteiger partial charge is 1.00 e. The van der Waals surface area contributed by atoms with Crippen molar-refractivity contribution in [3.05, 3.63) is 546 Å². The van der Waals surface area contributed by atoms with Gasteiger partial charge < -0.3 is 22.5 Å². The molecule has 18 rings (SSSR count). The molecule has 0 aliphatic carbocycles. The molecule has 0 amide bonds. The topological polar surface area (TPSA) is 127 Å². The summed E-state index contributed by atoms with van der Waals surface area (Å²) in [6, 6.07) is 194. The number of rotatable bonds is 24. The minimum absolute atomic E-state index is 0. The first-order valence-corrected chi connectivity index (χ1v) is 61.0. The fraction of sp³-hybridized carbons (Fsp3) is 0.0508. The Bertz CT molecular complexity index is 4780. The van der Waals surface area contributed by atoms with Gasteiger partial charge in [0.2, 0.25) is 0 Å². The molecule has 0 saturated carbocycles. The van der Waals surface area contributed by atoms with Gasteiger partial charge in [-0.05, 0) is 157 Å². The van der Waals surface area contributed by atoms with Crippen LogP contribution in [0.15, 0.2) is 546 Å². The minimum atomic E-state index is -1.16. The quantitative estimate of drug-likeness (QED) is 0.0265. The molecule has 18 aromatic rings. The third-order valence-electron chi connectivity index (χ3n) is 19.5. The van der Waals surface area contributed by atoms with Gasteiger partial charge in [-0.2, -0.15) is 0 Å². The molecule has 18 aromatic carbocycles. The summed E-state index contributed by atoms with van der Waals surface area (Å²) in [6.07, 6.45) is -1.10. The van der Waals surface area contributed by atoms with E-state index >= 15 is 0 Å². The molecule has 0 spiro atoms. The van der Waals surface area contributed by atoms with Crippen molar-refractivity contribution in [2.75, 3.05) is 13.2 Å².